The van der Waals surface area contributed by atoms with Gasteiger partial charge in [0.2, 0.25) is 5.91 Å². The molecule has 0 radical (unpaired) electrons. The van der Waals surface area contributed by atoms with Crippen molar-refractivity contribution >= 4 is 41.2 Å². The number of aliphatic imine (C=N–C) groups is 1. The predicted octanol–water partition coefficient (Wildman–Crippen LogP) is 2.31. The lowest BCUT2D eigenvalue weighted by Crippen LogP contribution is -2.29. The summed E-state index contributed by atoms with van der Waals surface area (Å²) in [5.74, 6) is -0.446. The van der Waals surface area contributed by atoms with Crippen LogP contribution in [0.5, 0.6) is 0 Å². The number of nitrogens with zero attached hydrogens (tertiary/aromatic N) is 2. The average Bonchev–Trinajstić information content (AvgIpc) is 3.21. The number of halogens is 1. The van der Waals surface area contributed by atoms with Crippen molar-refractivity contribution in [2.24, 2.45) is 4.99 Å². The third kappa shape index (κ3) is 4.72. The Morgan fingerprint density at radius 2 is 2.31 bits per heavy atom. The van der Waals surface area contributed by atoms with E-state index in [-0.39, 0.29) is 12.2 Å². The summed E-state index contributed by atoms with van der Waals surface area (Å²) in [6.07, 6.45) is 5.77. The lowest BCUT2D eigenvalue weighted by molar-refractivity contribution is -0.123. The van der Waals surface area contributed by atoms with Gasteiger partial charge in [-0.15, -0.1) is 11.3 Å². The van der Waals surface area contributed by atoms with E-state index in [4.69, 9.17) is 21.4 Å². The number of ether oxygens (including phenoxy) is 1. The van der Waals surface area contributed by atoms with Crippen LogP contribution in [-0.4, -0.2) is 54.0 Å². The minimum atomic E-state index is -0.549. The summed E-state index contributed by atoms with van der Waals surface area (Å²) in [6.45, 7) is 0.282. The molecule has 138 valence electrons. The van der Waals surface area contributed by atoms with Crippen LogP contribution in [0.2, 0.25) is 4.34 Å². The first-order chi connectivity index (χ1) is 12.5. The number of hydrogen-bond donors (Lipinski definition) is 2. The molecule has 1 unspecified atom stereocenters. The zero-order valence-corrected chi connectivity index (χ0v) is 15.4. The van der Waals surface area contributed by atoms with Gasteiger partial charge in [0.15, 0.2) is 0 Å². The van der Waals surface area contributed by atoms with E-state index in [1.54, 1.807) is 23.3 Å². The number of cyclic esters (lactones) is 1. The molecule has 1 aromatic rings. The van der Waals surface area contributed by atoms with Gasteiger partial charge in [0.05, 0.1) is 17.4 Å². The number of rotatable bonds is 6. The zero-order chi connectivity index (χ0) is 18.5. The Morgan fingerprint density at radius 1 is 1.46 bits per heavy atom. The maximum atomic E-state index is 12.1. The van der Waals surface area contributed by atoms with Crippen molar-refractivity contribution < 1.29 is 19.4 Å². The van der Waals surface area contributed by atoms with E-state index in [0.29, 0.717) is 30.3 Å². The van der Waals surface area contributed by atoms with Crippen molar-refractivity contribution in [1.82, 2.24) is 10.2 Å². The van der Waals surface area contributed by atoms with Crippen LogP contribution in [0, 0.1) is 0 Å². The number of hydrogen-bond acceptors (Lipinski definition) is 6. The van der Waals surface area contributed by atoms with Crippen LogP contribution in [0.4, 0.5) is 4.79 Å². The average molecular weight is 396 g/mol. The van der Waals surface area contributed by atoms with Gasteiger partial charge in [-0.3, -0.25) is 14.7 Å². The summed E-state index contributed by atoms with van der Waals surface area (Å²) < 4.78 is 6.07. The Hall–Kier alpha value is -2.16. The highest BCUT2D eigenvalue weighted by Gasteiger charge is 2.33. The number of amides is 2. The van der Waals surface area contributed by atoms with Crippen LogP contribution in [0.25, 0.3) is 0 Å². The highest BCUT2D eigenvalue weighted by Crippen LogP contribution is 2.25. The van der Waals surface area contributed by atoms with Gasteiger partial charge in [-0.25, -0.2) is 4.79 Å². The van der Waals surface area contributed by atoms with Crippen molar-refractivity contribution in [1.29, 1.82) is 0 Å². The molecule has 2 N–H and O–H groups in total. The van der Waals surface area contributed by atoms with E-state index in [1.165, 1.54) is 11.3 Å². The largest absolute Gasteiger partial charge is 0.442 e. The second kappa shape index (κ2) is 8.48. The van der Waals surface area contributed by atoms with Gasteiger partial charge in [-0.2, -0.15) is 0 Å². The van der Waals surface area contributed by atoms with E-state index >= 15 is 0 Å². The van der Waals surface area contributed by atoms with E-state index in [1.807, 2.05) is 12.1 Å². The van der Waals surface area contributed by atoms with Gasteiger partial charge in [0.25, 0.3) is 0 Å². The number of nitrogens with one attached hydrogen (secondary N) is 1. The topological polar surface area (TPSA) is 91.2 Å². The molecule has 0 bridgehead atoms. The lowest BCUT2D eigenvalue weighted by atomic mass is 10.1. The van der Waals surface area contributed by atoms with Crippen LogP contribution >= 0.6 is 22.9 Å². The van der Waals surface area contributed by atoms with Crippen molar-refractivity contribution in [2.45, 2.75) is 18.9 Å². The van der Waals surface area contributed by atoms with Crippen LogP contribution in [0.15, 0.2) is 40.7 Å². The molecular weight excluding hydrogens is 378 g/mol. The summed E-state index contributed by atoms with van der Waals surface area (Å²) in [7, 11) is 0. The van der Waals surface area contributed by atoms with Gasteiger partial charge < -0.3 is 15.2 Å². The molecule has 0 spiro atoms. The molecule has 1 aliphatic heterocycles. The molecule has 1 saturated heterocycles. The maximum absolute atomic E-state index is 12.1. The van der Waals surface area contributed by atoms with Crippen LogP contribution in [-0.2, 0) is 9.53 Å². The van der Waals surface area contributed by atoms with E-state index in [9.17, 15) is 9.59 Å². The molecule has 1 atom stereocenters. The van der Waals surface area contributed by atoms with Crippen molar-refractivity contribution in [3.63, 3.8) is 0 Å². The lowest BCUT2D eigenvalue weighted by Gasteiger charge is -2.21. The zero-order valence-electron chi connectivity index (χ0n) is 13.9. The van der Waals surface area contributed by atoms with Gasteiger partial charge in [0, 0.05) is 22.5 Å². The highest BCUT2D eigenvalue weighted by molar-refractivity contribution is 7.17. The predicted molar refractivity (Wildman–Crippen MR) is 99.4 cm³/mol. The fraction of sp³-hybridized carbons (Fsp3) is 0.353. The molecule has 2 heterocycles. The first kappa shape index (κ1) is 18.6. The fourth-order valence-corrected chi connectivity index (χ4v) is 3.64. The minimum absolute atomic E-state index is 0.297. The molecule has 9 heteroatoms. The molecule has 26 heavy (non-hydrogen) atoms. The van der Waals surface area contributed by atoms with Gasteiger partial charge in [-0.05, 0) is 37.1 Å². The van der Waals surface area contributed by atoms with Crippen LogP contribution < -0.4 is 5.32 Å². The first-order valence-corrected chi connectivity index (χ1v) is 9.28. The Labute approximate surface area is 159 Å². The Balaban J connectivity index is 1.54. The summed E-state index contributed by atoms with van der Waals surface area (Å²) in [4.78, 5) is 30.2. The minimum Gasteiger partial charge on any atom is -0.442 e. The monoisotopic (exact) mass is 395 g/mol. The molecular formula is C17H18ClN3O4S. The SMILES string of the molecule is O=C(CO)NC1=CC=C(N2CC(CN=Cc3ccc(Cl)s3)OC2=O)CC1. The van der Waals surface area contributed by atoms with Crippen LogP contribution in [0.1, 0.15) is 17.7 Å². The van der Waals surface area contributed by atoms with E-state index in [0.717, 1.165) is 16.3 Å². The molecule has 1 fully saturated rings. The Kier molecular flexibility index (Phi) is 6.08. The van der Waals surface area contributed by atoms with Crippen molar-refractivity contribution in [2.75, 3.05) is 19.7 Å². The summed E-state index contributed by atoms with van der Waals surface area (Å²) in [5.41, 5.74) is 1.56. The van der Waals surface area contributed by atoms with E-state index < -0.39 is 12.5 Å². The summed E-state index contributed by atoms with van der Waals surface area (Å²) in [5, 5.41) is 11.4. The molecule has 1 aromatic heterocycles. The fourth-order valence-electron chi connectivity index (χ4n) is 2.68. The molecule has 1 aliphatic carbocycles. The molecule has 0 aromatic carbocycles. The van der Waals surface area contributed by atoms with Crippen LogP contribution in [0.3, 0.4) is 0 Å². The standard InChI is InChI=1S/C17H18ClN3O4S/c18-15-6-5-14(26-15)8-19-7-13-9-21(17(24)25-13)12-3-1-11(2-4-12)20-16(23)10-22/h1,3,5-6,8,13,22H,2,4,7,9-10H2,(H,20,23). The molecule has 7 nitrogen and oxygen atoms in total. The Bertz CT molecular complexity index is 787. The van der Waals surface area contributed by atoms with Crippen molar-refractivity contribution in [3.8, 4) is 0 Å². The number of carbonyl (C=O) groups is 2. The quantitative estimate of drug-likeness (QED) is 0.723. The second-order valence-corrected chi connectivity index (χ2v) is 7.56. The highest BCUT2D eigenvalue weighted by atomic mass is 35.5. The molecule has 3 rings (SSSR count). The third-order valence-corrected chi connectivity index (χ3v) is 5.08. The number of carbonyl (C=O) groups excluding carboxylic acids is 2. The normalized spacial score (nSPS) is 20.2. The third-order valence-electron chi connectivity index (χ3n) is 3.91. The molecule has 0 saturated carbocycles. The van der Waals surface area contributed by atoms with Gasteiger partial charge in [-0.1, -0.05) is 11.6 Å². The Morgan fingerprint density at radius 3 is 2.96 bits per heavy atom. The first-order valence-electron chi connectivity index (χ1n) is 8.09. The number of thiophene rings is 1. The number of allylic oxidation sites excluding steroid dienone is 4. The van der Waals surface area contributed by atoms with Gasteiger partial charge >= 0.3 is 6.09 Å². The molecule has 2 amide bonds. The van der Waals surface area contributed by atoms with E-state index in [2.05, 4.69) is 10.3 Å². The smallest absolute Gasteiger partial charge is 0.414 e. The summed E-state index contributed by atoms with van der Waals surface area (Å²) in [6, 6.07) is 3.70. The number of aliphatic hydroxyl groups is 1. The number of aliphatic hydroxyl groups excluding tert-OH is 1. The summed E-state index contributed by atoms with van der Waals surface area (Å²) >= 11 is 7.31. The van der Waals surface area contributed by atoms with Crippen molar-refractivity contribution in [3.05, 3.63) is 44.9 Å². The molecule has 2 aliphatic rings. The second-order valence-electron chi connectivity index (χ2n) is 5.81. The maximum Gasteiger partial charge on any atom is 0.414 e. The van der Waals surface area contributed by atoms with Gasteiger partial charge in [0.1, 0.15) is 12.7 Å².